The van der Waals surface area contributed by atoms with E-state index in [9.17, 15) is 0 Å². The Kier molecular flexibility index (Phi) is 5.77. The first-order valence-corrected chi connectivity index (χ1v) is 7.23. The minimum atomic E-state index is 0.617. The van der Waals surface area contributed by atoms with E-state index in [0.717, 1.165) is 30.9 Å². The Labute approximate surface area is 120 Å². The summed E-state index contributed by atoms with van der Waals surface area (Å²) >= 11 is 5.68. The van der Waals surface area contributed by atoms with Crippen LogP contribution in [0.3, 0.4) is 0 Å². The molecule has 0 saturated carbocycles. The molecule has 0 aromatic heterocycles. The lowest BCUT2D eigenvalue weighted by Gasteiger charge is -2.07. The molecule has 0 N–H and O–H groups in total. The van der Waals surface area contributed by atoms with Crippen LogP contribution in [0.2, 0.25) is 0 Å². The third-order valence-corrected chi connectivity index (χ3v) is 3.29. The minimum Gasteiger partial charge on any atom is -0.489 e. The van der Waals surface area contributed by atoms with Crippen LogP contribution in [-0.2, 0) is 13.0 Å². The number of rotatable bonds is 7. The fraction of sp³-hybridized carbons (Fsp3) is 0.294. The Morgan fingerprint density at radius 3 is 2.16 bits per heavy atom. The summed E-state index contributed by atoms with van der Waals surface area (Å²) < 4.78 is 5.71. The predicted molar refractivity (Wildman–Crippen MR) is 80.9 cm³/mol. The molecule has 0 aliphatic carbocycles. The third-order valence-electron chi connectivity index (χ3n) is 3.02. The zero-order chi connectivity index (χ0) is 13.3. The van der Waals surface area contributed by atoms with E-state index in [1.807, 2.05) is 30.3 Å². The Morgan fingerprint density at radius 2 is 1.47 bits per heavy atom. The number of para-hydroxylation sites is 1. The predicted octanol–water partition coefficient (Wildman–Crippen LogP) is 4.83. The quantitative estimate of drug-likeness (QED) is 0.519. The monoisotopic (exact) mass is 274 g/mol. The lowest BCUT2D eigenvalue weighted by atomic mass is 10.1. The molecular weight excluding hydrogens is 256 g/mol. The van der Waals surface area contributed by atoms with Crippen molar-refractivity contribution in [3.05, 3.63) is 65.7 Å². The third kappa shape index (κ3) is 4.96. The molecule has 1 nitrogen and oxygen atoms in total. The molecule has 0 aliphatic rings. The van der Waals surface area contributed by atoms with Gasteiger partial charge in [0.15, 0.2) is 0 Å². The van der Waals surface area contributed by atoms with Gasteiger partial charge in [-0.2, -0.15) is 0 Å². The average Bonchev–Trinajstić information content (AvgIpc) is 2.48. The molecule has 0 saturated heterocycles. The SMILES string of the molecule is ClCCCCc1ccc(COc2ccccc2)cc1. The van der Waals surface area contributed by atoms with Crippen LogP contribution < -0.4 is 4.74 Å². The standard InChI is InChI=1S/C17H19ClO/c18-13-5-4-6-15-9-11-16(12-10-15)14-19-17-7-2-1-3-8-17/h1-3,7-12H,4-6,13-14H2. The van der Waals surface area contributed by atoms with Crippen molar-refractivity contribution in [3.63, 3.8) is 0 Å². The van der Waals surface area contributed by atoms with Crippen molar-refractivity contribution in [2.24, 2.45) is 0 Å². The molecule has 19 heavy (non-hydrogen) atoms. The van der Waals surface area contributed by atoms with E-state index in [1.165, 1.54) is 11.1 Å². The second kappa shape index (κ2) is 7.85. The van der Waals surface area contributed by atoms with E-state index in [0.29, 0.717) is 6.61 Å². The van der Waals surface area contributed by atoms with Crippen molar-refractivity contribution in [1.82, 2.24) is 0 Å². The lowest BCUT2D eigenvalue weighted by Crippen LogP contribution is -1.95. The molecule has 2 heteroatoms. The van der Waals surface area contributed by atoms with Crippen LogP contribution in [0.15, 0.2) is 54.6 Å². The van der Waals surface area contributed by atoms with Gasteiger partial charge in [-0.15, -0.1) is 11.6 Å². The van der Waals surface area contributed by atoms with Crippen molar-refractivity contribution in [1.29, 1.82) is 0 Å². The summed E-state index contributed by atoms with van der Waals surface area (Å²) in [5, 5.41) is 0. The maximum Gasteiger partial charge on any atom is 0.119 e. The summed E-state index contributed by atoms with van der Waals surface area (Å²) in [7, 11) is 0. The zero-order valence-electron chi connectivity index (χ0n) is 11.0. The van der Waals surface area contributed by atoms with Gasteiger partial charge < -0.3 is 4.74 Å². The molecule has 0 heterocycles. The second-order valence-corrected chi connectivity index (χ2v) is 4.94. The second-order valence-electron chi connectivity index (χ2n) is 4.56. The van der Waals surface area contributed by atoms with Crippen LogP contribution in [-0.4, -0.2) is 5.88 Å². The summed E-state index contributed by atoms with van der Waals surface area (Å²) in [5.41, 5.74) is 2.57. The van der Waals surface area contributed by atoms with Crippen molar-refractivity contribution < 1.29 is 4.74 Å². The molecule has 2 aromatic carbocycles. The molecule has 0 fully saturated rings. The van der Waals surface area contributed by atoms with Crippen LogP contribution in [0.25, 0.3) is 0 Å². The summed E-state index contributed by atoms with van der Waals surface area (Å²) in [5.74, 6) is 1.66. The van der Waals surface area contributed by atoms with Gasteiger partial charge in [0.1, 0.15) is 12.4 Å². The van der Waals surface area contributed by atoms with Gasteiger partial charge in [0, 0.05) is 5.88 Å². The molecule has 0 aliphatic heterocycles. The van der Waals surface area contributed by atoms with E-state index >= 15 is 0 Å². The Morgan fingerprint density at radius 1 is 0.789 bits per heavy atom. The molecular formula is C17H19ClO. The molecule has 0 radical (unpaired) electrons. The number of halogens is 1. The van der Waals surface area contributed by atoms with E-state index in [1.54, 1.807) is 0 Å². The topological polar surface area (TPSA) is 9.23 Å². The summed E-state index contributed by atoms with van der Waals surface area (Å²) in [6.45, 7) is 0.617. The number of aryl methyl sites for hydroxylation is 1. The number of hydrogen-bond acceptors (Lipinski definition) is 1. The Bertz CT molecular complexity index is 464. The number of benzene rings is 2. The van der Waals surface area contributed by atoms with Gasteiger partial charge in [-0.25, -0.2) is 0 Å². The minimum absolute atomic E-state index is 0.617. The van der Waals surface area contributed by atoms with E-state index in [-0.39, 0.29) is 0 Å². The average molecular weight is 275 g/mol. The largest absolute Gasteiger partial charge is 0.489 e. The first-order chi connectivity index (χ1) is 9.38. The molecule has 100 valence electrons. The van der Waals surface area contributed by atoms with Crippen LogP contribution in [0, 0.1) is 0 Å². The summed E-state index contributed by atoms with van der Waals surface area (Å²) in [6, 6.07) is 18.5. The van der Waals surface area contributed by atoms with Gasteiger partial charge >= 0.3 is 0 Å². The van der Waals surface area contributed by atoms with Crippen LogP contribution in [0.1, 0.15) is 24.0 Å². The smallest absolute Gasteiger partial charge is 0.119 e. The molecule has 0 spiro atoms. The van der Waals surface area contributed by atoms with Gasteiger partial charge in [-0.3, -0.25) is 0 Å². The molecule has 2 aromatic rings. The van der Waals surface area contributed by atoms with Gasteiger partial charge in [0.2, 0.25) is 0 Å². The molecule has 0 atom stereocenters. The van der Waals surface area contributed by atoms with Gasteiger partial charge in [0.05, 0.1) is 0 Å². The van der Waals surface area contributed by atoms with E-state index in [4.69, 9.17) is 16.3 Å². The van der Waals surface area contributed by atoms with Gasteiger partial charge in [0.25, 0.3) is 0 Å². The highest BCUT2D eigenvalue weighted by molar-refractivity contribution is 6.17. The zero-order valence-corrected chi connectivity index (χ0v) is 11.8. The van der Waals surface area contributed by atoms with Crippen molar-refractivity contribution in [2.45, 2.75) is 25.9 Å². The maximum atomic E-state index is 5.71. The molecule has 0 amide bonds. The first-order valence-electron chi connectivity index (χ1n) is 6.70. The number of ether oxygens (including phenoxy) is 1. The highest BCUT2D eigenvalue weighted by Gasteiger charge is 1.97. The molecule has 0 bridgehead atoms. The van der Waals surface area contributed by atoms with Crippen LogP contribution in [0.4, 0.5) is 0 Å². The van der Waals surface area contributed by atoms with Gasteiger partial charge in [-0.1, -0.05) is 42.5 Å². The van der Waals surface area contributed by atoms with Crippen molar-refractivity contribution in [2.75, 3.05) is 5.88 Å². The fourth-order valence-corrected chi connectivity index (χ4v) is 2.10. The highest BCUT2D eigenvalue weighted by atomic mass is 35.5. The Hall–Kier alpha value is -1.47. The highest BCUT2D eigenvalue weighted by Crippen LogP contribution is 2.13. The molecule has 2 rings (SSSR count). The van der Waals surface area contributed by atoms with Crippen molar-refractivity contribution in [3.8, 4) is 5.75 Å². The van der Waals surface area contributed by atoms with Crippen molar-refractivity contribution >= 4 is 11.6 Å². The summed E-state index contributed by atoms with van der Waals surface area (Å²) in [4.78, 5) is 0. The Balaban J connectivity index is 1.81. The number of hydrogen-bond donors (Lipinski definition) is 0. The first kappa shape index (κ1) is 14.0. The number of alkyl halides is 1. The summed E-state index contributed by atoms with van der Waals surface area (Å²) in [6.07, 6.45) is 3.34. The van der Waals surface area contributed by atoms with Crippen LogP contribution >= 0.6 is 11.6 Å². The van der Waals surface area contributed by atoms with Gasteiger partial charge in [-0.05, 0) is 42.5 Å². The van der Waals surface area contributed by atoms with E-state index < -0.39 is 0 Å². The number of unbranched alkanes of at least 4 members (excludes halogenated alkanes) is 1. The molecule has 0 unspecified atom stereocenters. The fourth-order valence-electron chi connectivity index (χ4n) is 1.91. The van der Waals surface area contributed by atoms with E-state index in [2.05, 4.69) is 24.3 Å². The lowest BCUT2D eigenvalue weighted by molar-refractivity contribution is 0.306. The maximum absolute atomic E-state index is 5.71. The van der Waals surface area contributed by atoms with Crippen LogP contribution in [0.5, 0.6) is 5.75 Å². The normalized spacial score (nSPS) is 10.4.